The van der Waals surface area contributed by atoms with E-state index in [2.05, 4.69) is 24.1 Å². The van der Waals surface area contributed by atoms with Crippen LogP contribution in [-0.4, -0.2) is 44.2 Å². The molecule has 0 radical (unpaired) electrons. The normalized spacial score (nSPS) is 10.7. The Bertz CT molecular complexity index is 475. The standard InChI is InChI=1S/C16H27N3O2/c1-5-8-19(6-2)9-7-18-13-10-12(3)15(17)14(11-13)16(20)21-4/h10-11,18H,5-9,17H2,1-4H3. The van der Waals surface area contributed by atoms with Crippen molar-refractivity contribution in [3.8, 4) is 0 Å². The Kier molecular flexibility index (Phi) is 7.02. The van der Waals surface area contributed by atoms with Crippen LogP contribution >= 0.6 is 0 Å². The van der Waals surface area contributed by atoms with Crippen molar-refractivity contribution in [2.75, 3.05) is 44.3 Å². The maximum atomic E-state index is 11.7. The lowest BCUT2D eigenvalue weighted by molar-refractivity contribution is 0.0602. The average molecular weight is 293 g/mol. The number of carbonyl (C=O) groups is 1. The number of nitrogens with zero attached hydrogens (tertiary/aromatic N) is 1. The maximum absolute atomic E-state index is 11.7. The summed E-state index contributed by atoms with van der Waals surface area (Å²) >= 11 is 0. The lowest BCUT2D eigenvalue weighted by Gasteiger charge is -2.20. The summed E-state index contributed by atoms with van der Waals surface area (Å²) in [5, 5.41) is 3.35. The number of nitrogens with one attached hydrogen (secondary N) is 1. The molecule has 0 saturated heterocycles. The zero-order valence-electron chi connectivity index (χ0n) is 13.5. The van der Waals surface area contributed by atoms with Gasteiger partial charge in [0.15, 0.2) is 0 Å². The minimum Gasteiger partial charge on any atom is -0.465 e. The highest BCUT2D eigenvalue weighted by atomic mass is 16.5. The van der Waals surface area contributed by atoms with E-state index in [0.717, 1.165) is 43.9 Å². The number of nitrogen functional groups attached to an aromatic ring is 1. The van der Waals surface area contributed by atoms with Gasteiger partial charge in [-0.05, 0) is 44.1 Å². The number of rotatable bonds is 8. The van der Waals surface area contributed by atoms with Crippen molar-refractivity contribution in [3.63, 3.8) is 0 Å². The highest BCUT2D eigenvalue weighted by Gasteiger charge is 2.13. The molecule has 0 amide bonds. The minimum atomic E-state index is -0.402. The topological polar surface area (TPSA) is 67.6 Å². The second-order valence-electron chi connectivity index (χ2n) is 5.11. The summed E-state index contributed by atoms with van der Waals surface area (Å²) in [6.07, 6.45) is 1.15. The highest BCUT2D eigenvalue weighted by Crippen LogP contribution is 2.23. The quantitative estimate of drug-likeness (QED) is 0.569. The molecule has 0 unspecified atom stereocenters. The van der Waals surface area contributed by atoms with Crippen LogP contribution in [0.2, 0.25) is 0 Å². The molecular formula is C16H27N3O2. The number of anilines is 2. The van der Waals surface area contributed by atoms with Crippen LogP contribution in [0.15, 0.2) is 12.1 Å². The molecule has 0 atom stereocenters. The molecule has 0 spiro atoms. The minimum absolute atomic E-state index is 0.402. The Morgan fingerprint density at radius 2 is 2.05 bits per heavy atom. The summed E-state index contributed by atoms with van der Waals surface area (Å²) in [7, 11) is 1.36. The number of methoxy groups -OCH3 is 1. The Hall–Kier alpha value is -1.75. The number of hydrogen-bond acceptors (Lipinski definition) is 5. The molecule has 118 valence electrons. The second kappa shape index (κ2) is 8.52. The first kappa shape index (κ1) is 17.3. The van der Waals surface area contributed by atoms with Crippen molar-refractivity contribution >= 4 is 17.3 Å². The molecule has 0 aliphatic carbocycles. The summed E-state index contributed by atoms with van der Waals surface area (Å²) in [5.74, 6) is -0.402. The summed E-state index contributed by atoms with van der Waals surface area (Å²) in [6.45, 7) is 10.2. The predicted octanol–water partition coefficient (Wildman–Crippen LogP) is 2.51. The largest absolute Gasteiger partial charge is 0.465 e. The van der Waals surface area contributed by atoms with Gasteiger partial charge in [-0.2, -0.15) is 0 Å². The fraction of sp³-hybridized carbons (Fsp3) is 0.562. The van der Waals surface area contributed by atoms with Gasteiger partial charge in [-0.15, -0.1) is 0 Å². The van der Waals surface area contributed by atoms with Crippen molar-refractivity contribution in [3.05, 3.63) is 23.3 Å². The molecule has 0 aliphatic heterocycles. The van der Waals surface area contributed by atoms with Gasteiger partial charge in [0.2, 0.25) is 0 Å². The first-order valence-electron chi connectivity index (χ1n) is 7.48. The number of likely N-dealkylation sites (N-methyl/N-ethyl adjacent to an activating group) is 1. The fourth-order valence-electron chi connectivity index (χ4n) is 2.28. The molecule has 1 aromatic rings. The highest BCUT2D eigenvalue weighted by molar-refractivity contribution is 5.97. The molecule has 1 rings (SSSR count). The van der Waals surface area contributed by atoms with Crippen molar-refractivity contribution < 1.29 is 9.53 Å². The van der Waals surface area contributed by atoms with E-state index in [4.69, 9.17) is 10.5 Å². The van der Waals surface area contributed by atoms with E-state index in [1.54, 1.807) is 6.07 Å². The first-order valence-corrected chi connectivity index (χ1v) is 7.48. The average Bonchev–Trinajstić information content (AvgIpc) is 2.48. The van der Waals surface area contributed by atoms with Gasteiger partial charge in [0.1, 0.15) is 0 Å². The Labute approximate surface area is 127 Å². The lowest BCUT2D eigenvalue weighted by Crippen LogP contribution is -2.29. The molecule has 0 heterocycles. The summed E-state index contributed by atoms with van der Waals surface area (Å²) in [6, 6.07) is 3.71. The van der Waals surface area contributed by atoms with Gasteiger partial charge in [0.25, 0.3) is 0 Å². The van der Waals surface area contributed by atoms with Crippen LogP contribution in [0.4, 0.5) is 11.4 Å². The van der Waals surface area contributed by atoms with Gasteiger partial charge in [0.05, 0.1) is 12.7 Å². The fourth-order valence-corrected chi connectivity index (χ4v) is 2.28. The van der Waals surface area contributed by atoms with E-state index in [1.807, 2.05) is 13.0 Å². The van der Waals surface area contributed by atoms with Crippen LogP contribution in [0, 0.1) is 6.92 Å². The lowest BCUT2D eigenvalue weighted by atomic mass is 10.1. The molecule has 0 saturated carbocycles. The number of carbonyl (C=O) groups excluding carboxylic acids is 1. The SMILES string of the molecule is CCCN(CC)CCNc1cc(C)c(N)c(C(=O)OC)c1. The molecule has 0 bridgehead atoms. The number of hydrogen-bond donors (Lipinski definition) is 2. The van der Waals surface area contributed by atoms with Crippen molar-refractivity contribution in [2.45, 2.75) is 27.2 Å². The van der Waals surface area contributed by atoms with Gasteiger partial charge >= 0.3 is 5.97 Å². The Morgan fingerprint density at radius 3 is 2.62 bits per heavy atom. The second-order valence-corrected chi connectivity index (χ2v) is 5.11. The molecule has 0 aliphatic rings. The summed E-state index contributed by atoms with van der Waals surface area (Å²) < 4.78 is 4.76. The molecule has 21 heavy (non-hydrogen) atoms. The third-order valence-corrected chi connectivity index (χ3v) is 3.54. The number of esters is 1. The van der Waals surface area contributed by atoms with E-state index in [-0.39, 0.29) is 0 Å². The number of nitrogens with two attached hydrogens (primary N) is 1. The Morgan fingerprint density at radius 1 is 1.33 bits per heavy atom. The number of aryl methyl sites for hydroxylation is 1. The summed E-state index contributed by atoms with van der Waals surface area (Å²) in [4.78, 5) is 14.1. The Balaban J connectivity index is 2.71. The van der Waals surface area contributed by atoms with E-state index >= 15 is 0 Å². The van der Waals surface area contributed by atoms with Gasteiger partial charge in [-0.25, -0.2) is 4.79 Å². The maximum Gasteiger partial charge on any atom is 0.340 e. The number of ether oxygens (including phenoxy) is 1. The zero-order chi connectivity index (χ0) is 15.8. The van der Waals surface area contributed by atoms with Crippen LogP contribution < -0.4 is 11.1 Å². The van der Waals surface area contributed by atoms with E-state index in [0.29, 0.717) is 11.3 Å². The van der Waals surface area contributed by atoms with Gasteiger partial charge in [-0.1, -0.05) is 13.8 Å². The zero-order valence-corrected chi connectivity index (χ0v) is 13.5. The van der Waals surface area contributed by atoms with E-state index in [9.17, 15) is 4.79 Å². The molecule has 1 aromatic carbocycles. The molecule has 5 heteroatoms. The predicted molar refractivity (Wildman–Crippen MR) is 87.8 cm³/mol. The third-order valence-electron chi connectivity index (χ3n) is 3.54. The van der Waals surface area contributed by atoms with E-state index in [1.165, 1.54) is 7.11 Å². The third kappa shape index (κ3) is 4.93. The smallest absolute Gasteiger partial charge is 0.340 e. The molecule has 3 N–H and O–H groups in total. The van der Waals surface area contributed by atoms with Crippen LogP contribution in [0.25, 0.3) is 0 Å². The van der Waals surface area contributed by atoms with Gasteiger partial charge in [-0.3, -0.25) is 0 Å². The van der Waals surface area contributed by atoms with Gasteiger partial charge < -0.3 is 20.7 Å². The monoisotopic (exact) mass is 293 g/mol. The van der Waals surface area contributed by atoms with Crippen LogP contribution in [0.3, 0.4) is 0 Å². The molecular weight excluding hydrogens is 266 g/mol. The van der Waals surface area contributed by atoms with E-state index < -0.39 is 5.97 Å². The molecule has 0 fully saturated rings. The molecule has 0 aromatic heterocycles. The van der Waals surface area contributed by atoms with Gasteiger partial charge in [0, 0.05) is 24.5 Å². The first-order chi connectivity index (χ1) is 10.0. The van der Waals surface area contributed by atoms with Crippen molar-refractivity contribution in [1.82, 2.24) is 4.90 Å². The van der Waals surface area contributed by atoms with Crippen molar-refractivity contribution in [2.24, 2.45) is 0 Å². The molecule has 5 nitrogen and oxygen atoms in total. The number of benzene rings is 1. The van der Waals surface area contributed by atoms with Crippen LogP contribution in [0.5, 0.6) is 0 Å². The van der Waals surface area contributed by atoms with Crippen LogP contribution in [0.1, 0.15) is 36.2 Å². The van der Waals surface area contributed by atoms with Crippen LogP contribution in [-0.2, 0) is 4.74 Å². The van der Waals surface area contributed by atoms with Crippen molar-refractivity contribution in [1.29, 1.82) is 0 Å². The summed E-state index contributed by atoms with van der Waals surface area (Å²) in [5.41, 5.74) is 8.60.